The van der Waals surface area contributed by atoms with Gasteiger partial charge in [-0.05, 0) is 31.5 Å². The molecule has 2 rings (SSSR count). The van der Waals surface area contributed by atoms with E-state index in [1.807, 2.05) is 6.92 Å². The molecule has 3 N–H and O–H groups in total. The van der Waals surface area contributed by atoms with Crippen LogP contribution in [0.3, 0.4) is 0 Å². The lowest BCUT2D eigenvalue weighted by atomic mass is 10.1. The average Bonchev–Trinajstić information content (AvgIpc) is 2.91. The summed E-state index contributed by atoms with van der Waals surface area (Å²) in [6.07, 6.45) is 1.01. The molecule has 0 aliphatic carbocycles. The van der Waals surface area contributed by atoms with Gasteiger partial charge in [-0.15, -0.1) is 0 Å². The number of nitrogens with one attached hydrogen (secondary N) is 1. The van der Waals surface area contributed by atoms with E-state index in [-0.39, 0.29) is 5.91 Å². The van der Waals surface area contributed by atoms with Crippen molar-refractivity contribution < 1.29 is 14.3 Å². The van der Waals surface area contributed by atoms with Gasteiger partial charge in [0.05, 0.1) is 18.9 Å². The Hall–Kier alpha value is -1.75. The molecule has 5 nitrogen and oxygen atoms in total. The zero-order valence-electron chi connectivity index (χ0n) is 11.1. The van der Waals surface area contributed by atoms with Crippen LogP contribution in [0.25, 0.3) is 0 Å². The van der Waals surface area contributed by atoms with Crippen molar-refractivity contribution in [1.82, 2.24) is 5.32 Å². The number of nitrogen functional groups attached to an aromatic ring is 1. The summed E-state index contributed by atoms with van der Waals surface area (Å²) in [4.78, 5) is 12.0. The summed E-state index contributed by atoms with van der Waals surface area (Å²) < 4.78 is 10.6. The molecule has 1 heterocycles. The van der Waals surface area contributed by atoms with E-state index < -0.39 is 0 Å². The molecule has 19 heavy (non-hydrogen) atoms. The van der Waals surface area contributed by atoms with Crippen LogP contribution in [0.5, 0.6) is 5.75 Å². The third kappa shape index (κ3) is 3.61. The van der Waals surface area contributed by atoms with E-state index in [9.17, 15) is 4.79 Å². The summed E-state index contributed by atoms with van der Waals surface area (Å²) in [7, 11) is 0. The standard InChI is InChI=1S/C14H20N2O3/c1-2-19-13-4-3-11(7-12(13)15)14(17)16-8-10-5-6-18-9-10/h3-4,7,10H,2,5-6,8-9,15H2,1H3,(H,16,17). The highest BCUT2D eigenvalue weighted by molar-refractivity contribution is 5.95. The number of rotatable bonds is 5. The number of benzene rings is 1. The predicted octanol–water partition coefficient (Wildman–Crippen LogP) is 1.43. The van der Waals surface area contributed by atoms with Gasteiger partial charge in [0.25, 0.3) is 5.91 Å². The van der Waals surface area contributed by atoms with Crippen molar-refractivity contribution in [2.45, 2.75) is 13.3 Å². The normalized spacial score (nSPS) is 18.3. The van der Waals surface area contributed by atoms with Crippen LogP contribution in [0.2, 0.25) is 0 Å². The Morgan fingerprint density at radius 3 is 3.05 bits per heavy atom. The molecule has 0 spiro atoms. The lowest BCUT2D eigenvalue weighted by Crippen LogP contribution is -2.29. The molecule has 1 saturated heterocycles. The highest BCUT2D eigenvalue weighted by atomic mass is 16.5. The highest BCUT2D eigenvalue weighted by Gasteiger charge is 2.17. The molecule has 104 valence electrons. The molecule has 0 radical (unpaired) electrons. The maximum atomic E-state index is 12.0. The van der Waals surface area contributed by atoms with Gasteiger partial charge in [-0.2, -0.15) is 0 Å². The molecular formula is C14H20N2O3. The summed E-state index contributed by atoms with van der Waals surface area (Å²) in [5.74, 6) is 0.925. The minimum absolute atomic E-state index is 0.110. The zero-order valence-corrected chi connectivity index (χ0v) is 11.1. The van der Waals surface area contributed by atoms with Crippen molar-refractivity contribution in [1.29, 1.82) is 0 Å². The number of anilines is 1. The van der Waals surface area contributed by atoms with E-state index in [0.717, 1.165) is 19.6 Å². The molecule has 1 aromatic carbocycles. The molecule has 0 bridgehead atoms. The average molecular weight is 264 g/mol. The van der Waals surface area contributed by atoms with Gasteiger partial charge >= 0.3 is 0 Å². The van der Waals surface area contributed by atoms with E-state index in [1.54, 1.807) is 18.2 Å². The predicted molar refractivity (Wildman–Crippen MR) is 73.3 cm³/mol. The Labute approximate surface area is 113 Å². The van der Waals surface area contributed by atoms with Crippen molar-refractivity contribution in [2.24, 2.45) is 5.92 Å². The fraction of sp³-hybridized carbons (Fsp3) is 0.500. The maximum absolute atomic E-state index is 12.0. The largest absolute Gasteiger partial charge is 0.492 e. The Morgan fingerprint density at radius 2 is 2.42 bits per heavy atom. The Morgan fingerprint density at radius 1 is 1.58 bits per heavy atom. The van der Waals surface area contributed by atoms with Gasteiger partial charge in [0, 0.05) is 24.6 Å². The number of carbonyl (C=O) groups is 1. The Bertz CT molecular complexity index is 442. The SMILES string of the molecule is CCOc1ccc(C(=O)NCC2CCOC2)cc1N. The van der Waals surface area contributed by atoms with Crippen LogP contribution in [0, 0.1) is 5.92 Å². The van der Waals surface area contributed by atoms with Crippen LogP contribution in [0.15, 0.2) is 18.2 Å². The lowest BCUT2D eigenvalue weighted by Gasteiger charge is -2.11. The van der Waals surface area contributed by atoms with Crippen LogP contribution in [-0.2, 0) is 4.74 Å². The van der Waals surface area contributed by atoms with Crippen LogP contribution >= 0.6 is 0 Å². The molecule has 1 aliphatic rings. The topological polar surface area (TPSA) is 73.6 Å². The lowest BCUT2D eigenvalue weighted by molar-refractivity contribution is 0.0945. The number of hydrogen-bond acceptors (Lipinski definition) is 4. The fourth-order valence-corrected chi connectivity index (χ4v) is 2.06. The summed E-state index contributed by atoms with van der Waals surface area (Å²) in [5.41, 5.74) is 6.88. The van der Waals surface area contributed by atoms with Crippen LogP contribution in [-0.4, -0.2) is 32.3 Å². The third-order valence-electron chi connectivity index (χ3n) is 3.15. The summed E-state index contributed by atoms with van der Waals surface area (Å²) in [5, 5.41) is 2.90. The van der Waals surface area contributed by atoms with Crippen molar-refractivity contribution in [3.05, 3.63) is 23.8 Å². The van der Waals surface area contributed by atoms with Crippen LogP contribution in [0.1, 0.15) is 23.7 Å². The second-order valence-corrected chi connectivity index (χ2v) is 4.63. The Balaban J connectivity index is 1.92. The first-order valence-electron chi connectivity index (χ1n) is 6.59. The van der Waals surface area contributed by atoms with Gasteiger partial charge in [-0.1, -0.05) is 0 Å². The molecule has 1 atom stereocenters. The summed E-state index contributed by atoms with van der Waals surface area (Å²) >= 11 is 0. The van der Waals surface area contributed by atoms with Crippen LogP contribution < -0.4 is 15.8 Å². The number of carbonyl (C=O) groups excluding carboxylic acids is 1. The van der Waals surface area contributed by atoms with E-state index in [1.165, 1.54) is 0 Å². The second-order valence-electron chi connectivity index (χ2n) is 4.63. The van der Waals surface area contributed by atoms with Gasteiger partial charge in [0.15, 0.2) is 0 Å². The van der Waals surface area contributed by atoms with E-state index in [0.29, 0.717) is 36.1 Å². The van der Waals surface area contributed by atoms with Crippen LogP contribution in [0.4, 0.5) is 5.69 Å². The second kappa shape index (κ2) is 6.43. The summed E-state index contributed by atoms with van der Waals surface area (Å²) in [6, 6.07) is 5.10. The van der Waals surface area contributed by atoms with E-state index in [4.69, 9.17) is 15.2 Å². The Kier molecular flexibility index (Phi) is 4.63. The van der Waals surface area contributed by atoms with Gasteiger partial charge in [0.2, 0.25) is 0 Å². The molecule has 0 saturated carbocycles. The quantitative estimate of drug-likeness (QED) is 0.789. The minimum Gasteiger partial charge on any atom is -0.492 e. The van der Waals surface area contributed by atoms with Crippen molar-refractivity contribution in [2.75, 3.05) is 32.1 Å². The molecular weight excluding hydrogens is 244 g/mol. The monoisotopic (exact) mass is 264 g/mol. The maximum Gasteiger partial charge on any atom is 0.251 e. The van der Waals surface area contributed by atoms with Crippen molar-refractivity contribution in [3.63, 3.8) is 0 Å². The highest BCUT2D eigenvalue weighted by Crippen LogP contribution is 2.22. The number of hydrogen-bond donors (Lipinski definition) is 2. The van der Waals surface area contributed by atoms with Gasteiger partial charge < -0.3 is 20.5 Å². The molecule has 1 unspecified atom stereocenters. The molecule has 5 heteroatoms. The number of ether oxygens (including phenoxy) is 2. The van der Waals surface area contributed by atoms with E-state index in [2.05, 4.69) is 5.32 Å². The molecule has 1 aliphatic heterocycles. The molecule has 1 aromatic rings. The smallest absolute Gasteiger partial charge is 0.251 e. The fourth-order valence-electron chi connectivity index (χ4n) is 2.06. The first-order valence-corrected chi connectivity index (χ1v) is 6.59. The van der Waals surface area contributed by atoms with Crippen molar-refractivity contribution in [3.8, 4) is 5.75 Å². The molecule has 0 aromatic heterocycles. The van der Waals surface area contributed by atoms with Crippen molar-refractivity contribution >= 4 is 11.6 Å². The number of amides is 1. The summed E-state index contributed by atoms with van der Waals surface area (Å²) in [6.45, 7) is 4.61. The zero-order chi connectivity index (χ0) is 13.7. The van der Waals surface area contributed by atoms with Gasteiger partial charge in [-0.3, -0.25) is 4.79 Å². The first-order chi connectivity index (χ1) is 9.20. The number of nitrogens with two attached hydrogens (primary N) is 1. The van der Waals surface area contributed by atoms with Gasteiger partial charge in [-0.25, -0.2) is 0 Å². The van der Waals surface area contributed by atoms with Gasteiger partial charge in [0.1, 0.15) is 5.75 Å². The molecule has 1 amide bonds. The molecule has 1 fully saturated rings. The first kappa shape index (κ1) is 13.7. The third-order valence-corrected chi connectivity index (χ3v) is 3.15. The minimum atomic E-state index is -0.110. The van der Waals surface area contributed by atoms with E-state index >= 15 is 0 Å².